The van der Waals surface area contributed by atoms with Crippen LogP contribution in [0.1, 0.15) is 78.5 Å². The summed E-state index contributed by atoms with van der Waals surface area (Å²) in [7, 11) is 3.60. The lowest BCUT2D eigenvalue weighted by molar-refractivity contribution is -0.131. The molecule has 4 aliphatic rings. The van der Waals surface area contributed by atoms with Crippen molar-refractivity contribution in [2.45, 2.75) is 71.0 Å². The summed E-state index contributed by atoms with van der Waals surface area (Å²) in [6.07, 6.45) is 0.294. The van der Waals surface area contributed by atoms with Gasteiger partial charge in [0.1, 0.15) is 35.7 Å². The zero-order valence-corrected chi connectivity index (χ0v) is 43.5. The minimum absolute atomic E-state index is 0.0196. The van der Waals surface area contributed by atoms with Crippen LogP contribution in [0.2, 0.25) is 0 Å². The fourth-order valence-corrected chi connectivity index (χ4v) is 11.1. The zero-order valence-electron chi connectivity index (χ0n) is 43.5. The lowest BCUT2D eigenvalue weighted by Gasteiger charge is -2.41. The van der Waals surface area contributed by atoms with Crippen LogP contribution in [-0.2, 0) is 56.0 Å². The van der Waals surface area contributed by atoms with E-state index in [1.807, 2.05) is 65.6 Å². The lowest BCUT2D eigenvalue weighted by atomic mass is 9.89. The summed E-state index contributed by atoms with van der Waals surface area (Å²) in [5.41, 5.74) is 8.45. The predicted molar refractivity (Wildman–Crippen MR) is 281 cm³/mol. The van der Waals surface area contributed by atoms with E-state index in [0.717, 1.165) is 35.3 Å². The quantitative estimate of drug-likeness (QED) is 0.121. The number of likely N-dealkylation sites (tertiary alicyclic amines) is 1. The van der Waals surface area contributed by atoms with Crippen molar-refractivity contribution < 1.29 is 42.1 Å². The largest absolute Gasteiger partial charge is 0.508 e. The van der Waals surface area contributed by atoms with E-state index in [1.165, 1.54) is 23.1 Å². The summed E-state index contributed by atoms with van der Waals surface area (Å²) in [4.78, 5) is 54.4. The first-order valence-electron chi connectivity index (χ1n) is 26.0. The van der Waals surface area contributed by atoms with Crippen molar-refractivity contribution in [2.75, 3.05) is 70.5 Å². The number of aromatic nitrogens is 2. The van der Waals surface area contributed by atoms with Gasteiger partial charge in [0.15, 0.2) is 0 Å². The number of ether oxygens (including phenoxy) is 2. The normalized spacial score (nSPS) is 17.7. The van der Waals surface area contributed by atoms with E-state index in [0.29, 0.717) is 109 Å². The molecule has 0 spiro atoms. The topological polar surface area (TPSA) is 140 Å². The van der Waals surface area contributed by atoms with E-state index in [-0.39, 0.29) is 74.6 Å². The first-order chi connectivity index (χ1) is 36.5. The lowest BCUT2D eigenvalue weighted by Crippen LogP contribution is -2.52. The molecule has 2 aromatic heterocycles. The summed E-state index contributed by atoms with van der Waals surface area (Å²) < 4.78 is 59.4. The number of morpholine rings is 1. The molecule has 0 bridgehead atoms. The minimum atomic E-state index is -2.73. The number of alkyl halides is 2. The highest BCUT2D eigenvalue weighted by atomic mass is 19.3. The fourth-order valence-electron chi connectivity index (χ4n) is 11.1. The molecule has 1 atom stereocenters. The zero-order chi connectivity index (χ0) is 53.4. The van der Waals surface area contributed by atoms with Crippen LogP contribution < -0.4 is 9.64 Å². The summed E-state index contributed by atoms with van der Waals surface area (Å²) in [6.45, 7) is 9.35. The van der Waals surface area contributed by atoms with Gasteiger partial charge in [-0.2, -0.15) is 5.26 Å². The average Bonchev–Trinajstić information content (AvgIpc) is 3.89. The molecule has 1 N–H and O–H groups in total. The second-order valence-corrected chi connectivity index (χ2v) is 20.6. The molecule has 4 aliphatic heterocycles. The van der Waals surface area contributed by atoms with Gasteiger partial charge < -0.3 is 38.4 Å². The Bertz CT molecular complexity index is 3220. The molecule has 0 saturated carbocycles. The number of piperidine rings is 1. The maximum atomic E-state index is 15.8. The number of hydrogen-bond donors (Lipinski definition) is 1. The van der Waals surface area contributed by atoms with Crippen molar-refractivity contribution in [2.24, 2.45) is 14.1 Å². The van der Waals surface area contributed by atoms with Crippen LogP contribution >= 0.6 is 0 Å². The standard InChI is InChI=1S/C59H63F3N8O6/c1-38-50(58(74)70(45-10-12-48(71)13-11-45)54-31-46(34-63)64(3)39(54)2)33-55(65(38)4)51-28-41-15-18-68(56(72)30-42-9-14-49(32-53(42)60)76-26-23-66-21-24-75-25-22-66)35-44(41)29-52(51)57(73)69-36-43-8-6-5-7-40(43)27-47(69)37-67-19-16-59(61,62)17-20-67/h5-14,28-29,31-33,47,71H,15-27,30,35-37H2,1-4H3/t47-/m0/s1. The molecule has 6 heterocycles. The third-order valence-electron chi connectivity index (χ3n) is 16.0. The van der Waals surface area contributed by atoms with Gasteiger partial charge in [0.05, 0.1) is 30.9 Å². The number of phenolic OH excluding ortho intramolecular Hbond substituents is 1. The molecule has 0 aliphatic carbocycles. The molecule has 0 unspecified atom stereocenters. The fraction of sp³-hybridized carbons (Fsp3) is 0.390. The van der Waals surface area contributed by atoms with Gasteiger partial charge in [-0.25, -0.2) is 13.2 Å². The number of nitrogens with zero attached hydrogens (tertiary/aromatic N) is 8. The van der Waals surface area contributed by atoms with Gasteiger partial charge in [-0.3, -0.25) is 24.2 Å². The van der Waals surface area contributed by atoms with Gasteiger partial charge in [0.2, 0.25) is 5.91 Å². The SMILES string of the molecule is Cc1c(N(C(=O)c2cc(-c3cc4c(cc3C(=O)N3Cc5ccccc5C[C@H]3CN3CCC(F)(F)CC3)CN(C(=O)Cc3ccc(OCCN5CCOCC5)cc3F)CC4)n(C)c2C)c2ccc(O)cc2)cc(C#N)n1C. The molecule has 76 heavy (non-hydrogen) atoms. The molecule has 0 radical (unpaired) electrons. The van der Waals surface area contributed by atoms with Crippen molar-refractivity contribution in [3.8, 4) is 28.8 Å². The number of aromatic hydroxyl groups is 1. The summed E-state index contributed by atoms with van der Waals surface area (Å²) in [5, 5.41) is 20.2. The number of amides is 3. The first kappa shape index (κ1) is 52.1. The number of phenols is 1. The molecule has 396 valence electrons. The molecule has 2 fully saturated rings. The van der Waals surface area contributed by atoms with E-state index >= 15 is 14.0 Å². The van der Waals surface area contributed by atoms with E-state index in [4.69, 9.17) is 9.47 Å². The van der Waals surface area contributed by atoms with E-state index in [9.17, 15) is 23.9 Å². The van der Waals surface area contributed by atoms with Gasteiger partial charge in [0, 0.05) is 132 Å². The number of rotatable bonds is 13. The molecule has 17 heteroatoms. The second kappa shape index (κ2) is 21.7. The molecular formula is C59H63F3N8O6. The Kier molecular flexibility index (Phi) is 14.9. The molecular weight excluding hydrogens is 974 g/mol. The Morgan fingerprint density at radius 3 is 2.26 bits per heavy atom. The van der Waals surface area contributed by atoms with Crippen molar-refractivity contribution in [3.63, 3.8) is 0 Å². The second-order valence-electron chi connectivity index (χ2n) is 20.6. The van der Waals surface area contributed by atoms with Crippen LogP contribution in [0, 0.1) is 31.0 Å². The first-order valence-corrected chi connectivity index (χ1v) is 26.0. The number of benzene rings is 4. The van der Waals surface area contributed by atoms with Gasteiger partial charge >= 0.3 is 0 Å². The highest BCUT2D eigenvalue weighted by molar-refractivity contribution is 6.13. The Morgan fingerprint density at radius 1 is 0.816 bits per heavy atom. The van der Waals surface area contributed by atoms with Gasteiger partial charge in [-0.05, 0) is 109 Å². The maximum Gasteiger partial charge on any atom is 0.264 e. The summed E-state index contributed by atoms with van der Waals surface area (Å²) >= 11 is 0. The minimum Gasteiger partial charge on any atom is -0.508 e. The van der Waals surface area contributed by atoms with E-state index in [1.54, 1.807) is 52.9 Å². The van der Waals surface area contributed by atoms with Crippen LogP contribution in [0.25, 0.3) is 11.3 Å². The smallest absolute Gasteiger partial charge is 0.264 e. The van der Waals surface area contributed by atoms with Gasteiger partial charge in [-0.15, -0.1) is 0 Å². The van der Waals surface area contributed by atoms with Crippen molar-refractivity contribution >= 4 is 29.1 Å². The van der Waals surface area contributed by atoms with Gasteiger partial charge in [-0.1, -0.05) is 30.3 Å². The Hall–Kier alpha value is -7.39. The third-order valence-corrected chi connectivity index (χ3v) is 16.0. The Balaban J connectivity index is 0.995. The number of fused-ring (bicyclic) bond motifs is 2. The predicted octanol–water partition coefficient (Wildman–Crippen LogP) is 8.48. The van der Waals surface area contributed by atoms with Gasteiger partial charge in [0.25, 0.3) is 17.7 Å². The summed E-state index contributed by atoms with van der Waals surface area (Å²) in [5.74, 6) is -3.80. The highest BCUT2D eigenvalue weighted by Crippen LogP contribution is 2.39. The average molecular weight is 1040 g/mol. The maximum absolute atomic E-state index is 15.8. The Labute approximate surface area is 441 Å². The van der Waals surface area contributed by atoms with Crippen LogP contribution in [0.4, 0.5) is 24.5 Å². The van der Waals surface area contributed by atoms with Crippen molar-refractivity contribution in [3.05, 3.63) is 153 Å². The van der Waals surface area contributed by atoms with Crippen molar-refractivity contribution in [1.82, 2.24) is 28.7 Å². The monoisotopic (exact) mass is 1040 g/mol. The molecule has 4 aromatic carbocycles. The molecule has 6 aromatic rings. The Morgan fingerprint density at radius 2 is 1.55 bits per heavy atom. The van der Waals surface area contributed by atoms with Crippen LogP contribution in [0.5, 0.6) is 11.5 Å². The molecule has 3 amide bonds. The van der Waals surface area contributed by atoms with E-state index in [2.05, 4.69) is 17.0 Å². The highest BCUT2D eigenvalue weighted by Gasteiger charge is 2.39. The number of nitriles is 1. The number of anilines is 2. The van der Waals surface area contributed by atoms with Crippen molar-refractivity contribution in [1.29, 1.82) is 5.26 Å². The van der Waals surface area contributed by atoms with Crippen LogP contribution in [0.3, 0.4) is 0 Å². The van der Waals surface area contributed by atoms with Crippen LogP contribution in [-0.4, -0.2) is 129 Å². The molecule has 2 saturated heterocycles. The number of carbonyl (C=O) groups excluding carboxylic acids is 3. The third kappa shape index (κ3) is 10.7. The summed E-state index contributed by atoms with van der Waals surface area (Å²) in [6, 6.07) is 28.0. The number of carbonyl (C=O) groups is 3. The number of halogens is 3. The van der Waals surface area contributed by atoms with E-state index < -0.39 is 17.6 Å². The number of hydrogen-bond acceptors (Lipinski definition) is 9. The molecule has 14 nitrogen and oxygen atoms in total. The van der Waals surface area contributed by atoms with Crippen LogP contribution in [0.15, 0.2) is 91.0 Å². The molecule has 10 rings (SSSR count).